The molecule has 5 nitrogen and oxygen atoms in total. The van der Waals surface area contributed by atoms with Crippen LogP contribution in [-0.2, 0) is 22.1 Å². The van der Waals surface area contributed by atoms with Gasteiger partial charge >= 0.3 is 5.97 Å². The van der Waals surface area contributed by atoms with Crippen molar-refractivity contribution >= 4 is 39.6 Å². The lowest BCUT2D eigenvalue weighted by molar-refractivity contribution is -0.133. The molecule has 7 heteroatoms. The smallest absolute Gasteiger partial charge is 0.313 e. The second-order valence-electron chi connectivity index (χ2n) is 4.82. The highest BCUT2D eigenvalue weighted by molar-refractivity contribution is 7.99. The Labute approximate surface area is 130 Å². The lowest BCUT2D eigenvalue weighted by Gasteiger charge is -2.11. The van der Waals surface area contributed by atoms with Crippen molar-refractivity contribution in [2.75, 3.05) is 12.0 Å². The van der Waals surface area contributed by atoms with E-state index in [1.54, 1.807) is 6.26 Å². The molecular weight excluding hydrogens is 308 g/mol. The molecule has 0 aliphatic heterocycles. The van der Waals surface area contributed by atoms with E-state index in [1.807, 2.05) is 35.8 Å². The average Bonchev–Trinajstić information content (AvgIpc) is 2.80. The van der Waals surface area contributed by atoms with Gasteiger partial charge in [0.1, 0.15) is 0 Å². The maximum Gasteiger partial charge on any atom is 0.313 e. The third-order valence-electron chi connectivity index (χ3n) is 3.27. The number of aliphatic carboxylic acids is 1. The van der Waals surface area contributed by atoms with Crippen LogP contribution in [0, 0.1) is 0 Å². The highest BCUT2D eigenvalue weighted by Gasteiger charge is 2.14. The zero-order valence-corrected chi connectivity index (χ0v) is 13.6. The SMILES string of the molecule is CC(CCn1c(SCC(=O)O)nc2ccccc21)S(C)=O. The van der Waals surface area contributed by atoms with Crippen molar-refractivity contribution in [2.24, 2.45) is 0 Å². The van der Waals surface area contributed by atoms with Gasteiger partial charge in [-0.3, -0.25) is 9.00 Å². The third-order valence-corrected chi connectivity index (χ3v) is 5.60. The van der Waals surface area contributed by atoms with Crippen LogP contribution in [0.3, 0.4) is 0 Å². The molecular formula is C14H18N2O3S2. The van der Waals surface area contributed by atoms with Crippen molar-refractivity contribution in [1.82, 2.24) is 9.55 Å². The van der Waals surface area contributed by atoms with E-state index in [-0.39, 0.29) is 11.0 Å². The Bertz CT molecular complexity index is 669. The number of para-hydroxylation sites is 2. The molecule has 0 saturated heterocycles. The van der Waals surface area contributed by atoms with Crippen LogP contribution in [0.5, 0.6) is 0 Å². The van der Waals surface area contributed by atoms with E-state index in [4.69, 9.17) is 5.11 Å². The van der Waals surface area contributed by atoms with Crippen molar-refractivity contribution in [3.63, 3.8) is 0 Å². The first-order valence-electron chi connectivity index (χ1n) is 6.61. The quantitative estimate of drug-likeness (QED) is 0.791. The van der Waals surface area contributed by atoms with E-state index in [9.17, 15) is 9.00 Å². The minimum Gasteiger partial charge on any atom is -0.481 e. The Balaban J connectivity index is 2.26. The molecule has 21 heavy (non-hydrogen) atoms. The summed E-state index contributed by atoms with van der Waals surface area (Å²) in [5.74, 6) is -0.875. The Kier molecular flexibility index (Phi) is 5.41. The van der Waals surface area contributed by atoms with Gasteiger partial charge in [-0.2, -0.15) is 0 Å². The molecule has 2 aromatic rings. The second-order valence-corrected chi connectivity index (χ2v) is 7.56. The van der Waals surface area contributed by atoms with Crippen molar-refractivity contribution < 1.29 is 14.1 Å². The molecule has 1 aromatic carbocycles. The van der Waals surface area contributed by atoms with Gasteiger partial charge in [-0.05, 0) is 18.6 Å². The standard InChI is InChI=1S/C14H18N2O3S2/c1-10(21(2)19)7-8-16-12-6-4-3-5-11(12)15-14(16)20-9-13(17)18/h3-6,10H,7-9H2,1-2H3,(H,17,18). The number of rotatable bonds is 7. The van der Waals surface area contributed by atoms with Crippen LogP contribution in [0.2, 0.25) is 0 Å². The van der Waals surface area contributed by atoms with Crippen molar-refractivity contribution in [1.29, 1.82) is 0 Å². The molecule has 0 radical (unpaired) electrons. The number of carboxylic acids is 1. The minimum atomic E-state index is -0.860. The Morgan fingerprint density at radius 3 is 2.86 bits per heavy atom. The Hall–Kier alpha value is -1.34. The van der Waals surface area contributed by atoms with E-state index in [1.165, 1.54) is 11.8 Å². The van der Waals surface area contributed by atoms with Gasteiger partial charge in [0.25, 0.3) is 0 Å². The van der Waals surface area contributed by atoms with Crippen LogP contribution in [0.15, 0.2) is 29.4 Å². The summed E-state index contributed by atoms with van der Waals surface area (Å²) in [6, 6.07) is 7.74. The van der Waals surface area contributed by atoms with Gasteiger partial charge in [0.2, 0.25) is 0 Å². The molecule has 0 spiro atoms. The van der Waals surface area contributed by atoms with Gasteiger partial charge in [0, 0.05) is 28.9 Å². The van der Waals surface area contributed by atoms with Crippen LogP contribution >= 0.6 is 11.8 Å². The number of fused-ring (bicyclic) bond motifs is 1. The Morgan fingerprint density at radius 1 is 1.48 bits per heavy atom. The molecule has 2 atom stereocenters. The second kappa shape index (κ2) is 7.09. The number of aromatic nitrogens is 2. The summed E-state index contributed by atoms with van der Waals surface area (Å²) in [7, 11) is -0.858. The zero-order valence-electron chi connectivity index (χ0n) is 12.0. The number of carbonyl (C=O) groups is 1. The monoisotopic (exact) mass is 326 g/mol. The van der Waals surface area contributed by atoms with Gasteiger partial charge in [0.05, 0.1) is 16.8 Å². The van der Waals surface area contributed by atoms with E-state index < -0.39 is 16.8 Å². The largest absolute Gasteiger partial charge is 0.481 e. The van der Waals surface area contributed by atoms with Gasteiger partial charge in [0.15, 0.2) is 5.16 Å². The summed E-state index contributed by atoms with van der Waals surface area (Å²) in [5.41, 5.74) is 1.84. The third kappa shape index (κ3) is 4.07. The van der Waals surface area contributed by atoms with E-state index >= 15 is 0 Å². The molecule has 1 N–H and O–H groups in total. The number of aryl methyl sites for hydroxylation is 1. The predicted molar refractivity (Wildman–Crippen MR) is 86.2 cm³/mol. The zero-order chi connectivity index (χ0) is 15.4. The first-order valence-corrected chi connectivity index (χ1v) is 9.22. The van der Waals surface area contributed by atoms with E-state index in [0.29, 0.717) is 11.7 Å². The fraction of sp³-hybridized carbons (Fsp3) is 0.429. The first-order chi connectivity index (χ1) is 9.99. The van der Waals surface area contributed by atoms with Crippen LogP contribution < -0.4 is 0 Å². The highest BCUT2D eigenvalue weighted by atomic mass is 32.2. The fourth-order valence-electron chi connectivity index (χ4n) is 1.98. The topological polar surface area (TPSA) is 72.2 Å². The van der Waals surface area contributed by atoms with Crippen molar-refractivity contribution in [3.05, 3.63) is 24.3 Å². The number of hydrogen-bond acceptors (Lipinski definition) is 4. The minimum absolute atomic E-state index is 0.0153. The summed E-state index contributed by atoms with van der Waals surface area (Å²) in [6.07, 6.45) is 2.47. The van der Waals surface area contributed by atoms with Crippen LogP contribution in [-0.4, -0.2) is 42.1 Å². The summed E-state index contributed by atoms with van der Waals surface area (Å²) in [6.45, 7) is 2.64. The fourth-order valence-corrected chi connectivity index (χ4v) is 3.18. The van der Waals surface area contributed by atoms with Crippen molar-refractivity contribution in [2.45, 2.75) is 30.3 Å². The molecule has 0 saturated carbocycles. The predicted octanol–water partition coefficient (Wildman–Crippen LogP) is 2.37. The molecule has 0 bridgehead atoms. The molecule has 114 valence electrons. The number of carboxylic acid groups (broad SMARTS) is 1. The molecule has 2 rings (SSSR count). The van der Waals surface area contributed by atoms with Crippen LogP contribution in [0.1, 0.15) is 13.3 Å². The molecule has 0 aliphatic rings. The number of thioether (sulfide) groups is 1. The average molecular weight is 326 g/mol. The van der Waals surface area contributed by atoms with Crippen LogP contribution in [0.4, 0.5) is 0 Å². The van der Waals surface area contributed by atoms with Crippen molar-refractivity contribution in [3.8, 4) is 0 Å². The summed E-state index contributed by atoms with van der Waals surface area (Å²) in [4.78, 5) is 15.3. The highest BCUT2D eigenvalue weighted by Crippen LogP contribution is 2.24. The van der Waals surface area contributed by atoms with Gasteiger partial charge in [-0.25, -0.2) is 4.98 Å². The van der Waals surface area contributed by atoms with Gasteiger partial charge in [-0.15, -0.1) is 0 Å². The normalized spacial score (nSPS) is 14.2. The molecule has 1 aromatic heterocycles. The molecule has 0 fully saturated rings. The van der Waals surface area contributed by atoms with E-state index in [0.717, 1.165) is 17.5 Å². The summed E-state index contributed by atoms with van der Waals surface area (Å²) < 4.78 is 13.5. The molecule has 0 aliphatic carbocycles. The first kappa shape index (κ1) is 16.0. The lowest BCUT2D eigenvalue weighted by Crippen LogP contribution is -2.13. The van der Waals surface area contributed by atoms with E-state index in [2.05, 4.69) is 4.98 Å². The number of hydrogen-bond donors (Lipinski definition) is 1. The number of nitrogens with zero attached hydrogens (tertiary/aromatic N) is 2. The number of benzene rings is 1. The molecule has 1 heterocycles. The molecule has 0 amide bonds. The summed E-state index contributed by atoms with van der Waals surface area (Å²) >= 11 is 1.22. The molecule has 2 unspecified atom stereocenters. The lowest BCUT2D eigenvalue weighted by atomic mass is 10.3. The summed E-state index contributed by atoms with van der Waals surface area (Å²) in [5, 5.41) is 9.64. The Morgan fingerprint density at radius 2 is 2.19 bits per heavy atom. The maximum absolute atomic E-state index is 11.5. The maximum atomic E-state index is 11.5. The van der Waals surface area contributed by atoms with Gasteiger partial charge < -0.3 is 9.67 Å². The van der Waals surface area contributed by atoms with Gasteiger partial charge in [-0.1, -0.05) is 30.8 Å². The number of imidazole rings is 1. The van der Waals surface area contributed by atoms with Crippen LogP contribution in [0.25, 0.3) is 11.0 Å².